The summed E-state index contributed by atoms with van der Waals surface area (Å²) in [6.07, 6.45) is 2.30. The van der Waals surface area contributed by atoms with Crippen molar-refractivity contribution in [3.05, 3.63) is 62.1 Å². The number of carbonyl (C=O) groups excluding carboxylic acids is 1. The molecule has 0 bridgehead atoms. The van der Waals surface area contributed by atoms with E-state index in [1.165, 1.54) is 6.92 Å². The zero-order chi connectivity index (χ0) is 21.3. The average Bonchev–Trinajstić information content (AvgIpc) is 3.04. The Morgan fingerprint density at radius 2 is 1.97 bits per heavy atom. The summed E-state index contributed by atoms with van der Waals surface area (Å²) in [7, 11) is 0. The van der Waals surface area contributed by atoms with E-state index in [1.54, 1.807) is 6.92 Å². The van der Waals surface area contributed by atoms with Crippen LogP contribution in [0.5, 0.6) is 5.88 Å². The lowest BCUT2D eigenvalue weighted by Crippen LogP contribution is -2.27. The van der Waals surface area contributed by atoms with Gasteiger partial charge in [0.1, 0.15) is 17.2 Å². The topological polar surface area (TPSA) is 96.2 Å². The summed E-state index contributed by atoms with van der Waals surface area (Å²) < 4.78 is 6.92. The maximum absolute atomic E-state index is 13.4. The molecular weight excluding hydrogens is 368 g/mol. The van der Waals surface area contributed by atoms with Crippen LogP contribution in [0.1, 0.15) is 65.1 Å². The summed E-state index contributed by atoms with van der Waals surface area (Å²) in [6.45, 7) is 7.53. The number of benzene rings is 1. The fraction of sp³-hybridized carbons (Fsp3) is 0.348. The average molecular weight is 392 g/mol. The second kappa shape index (κ2) is 7.96. The third-order valence-corrected chi connectivity index (χ3v) is 5.38. The van der Waals surface area contributed by atoms with Crippen molar-refractivity contribution in [2.45, 2.75) is 53.5 Å². The summed E-state index contributed by atoms with van der Waals surface area (Å²) in [4.78, 5) is 25.9. The van der Waals surface area contributed by atoms with Crippen molar-refractivity contribution in [1.29, 1.82) is 5.26 Å². The van der Waals surface area contributed by atoms with Crippen LogP contribution in [0.25, 0.3) is 11.0 Å². The fourth-order valence-electron chi connectivity index (χ4n) is 3.56. The summed E-state index contributed by atoms with van der Waals surface area (Å²) >= 11 is 0. The summed E-state index contributed by atoms with van der Waals surface area (Å²) in [5, 5.41) is 21.1. The summed E-state index contributed by atoms with van der Waals surface area (Å²) in [5.41, 5.74) is 1.77. The van der Waals surface area contributed by atoms with Crippen LogP contribution < -0.4 is 5.56 Å². The number of aromatic nitrogens is 1. The number of carbonyl (C=O) groups is 1. The van der Waals surface area contributed by atoms with Gasteiger partial charge >= 0.3 is 0 Å². The van der Waals surface area contributed by atoms with E-state index in [2.05, 4.69) is 0 Å². The Kier molecular flexibility index (Phi) is 5.60. The van der Waals surface area contributed by atoms with E-state index in [9.17, 15) is 20.0 Å². The molecule has 0 aliphatic heterocycles. The first-order valence-electron chi connectivity index (χ1n) is 9.78. The Morgan fingerprint density at radius 1 is 1.24 bits per heavy atom. The normalized spacial score (nSPS) is 11.0. The number of fused-ring (bicyclic) bond motifs is 1. The lowest BCUT2D eigenvalue weighted by molar-refractivity contribution is 0.100. The molecule has 2 aromatic heterocycles. The molecular formula is C23H24N2O4. The Balaban J connectivity index is 2.24. The highest BCUT2D eigenvalue weighted by atomic mass is 16.3. The molecule has 2 heterocycles. The number of nitriles is 1. The van der Waals surface area contributed by atoms with Gasteiger partial charge in [-0.2, -0.15) is 5.26 Å². The maximum Gasteiger partial charge on any atom is 0.271 e. The van der Waals surface area contributed by atoms with E-state index in [0.29, 0.717) is 17.6 Å². The largest absolute Gasteiger partial charge is 0.494 e. The molecule has 0 spiro atoms. The molecule has 0 aliphatic carbocycles. The third-order valence-electron chi connectivity index (χ3n) is 5.38. The van der Waals surface area contributed by atoms with Crippen molar-refractivity contribution in [1.82, 2.24) is 4.57 Å². The van der Waals surface area contributed by atoms with Crippen molar-refractivity contribution in [3.63, 3.8) is 0 Å². The smallest absolute Gasteiger partial charge is 0.271 e. The molecule has 1 N–H and O–H groups in total. The molecule has 0 aliphatic rings. The first-order chi connectivity index (χ1) is 13.8. The van der Waals surface area contributed by atoms with Gasteiger partial charge in [-0.15, -0.1) is 0 Å². The van der Waals surface area contributed by atoms with Gasteiger partial charge in [0.2, 0.25) is 11.7 Å². The zero-order valence-electron chi connectivity index (χ0n) is 17.1. The first kappa shape index (κ1) is 20.4. The number of nitrogens with zero attached hydrogens (tertiary/aromatic N) is 2. The van der Waals surface area contributed by atoms with Crippen LogP contribution >= 0.6 is 0 Å². The highest BCUT2D eigenvalue weighted by Gasteiger charge is 2.28. The van der Waals surface area contributed by atoms with E-state index in [4.69, 9.17) is 4.42 Å². The minimum Gasteiger partial charge on any atom is -0.494 e. The molecule has 29 heavy (non-hydrogen) atoms. The van der Waals surface area contributed by atoms with Crippen molar-refractivity contribution in [2.24, 2.45) is 0 Å². The minimum absolute atomic E-state index is 0.0601. The monoisotopic (exact) mass is 392 g/mol. The van der Waals surface area contributed by atoms with E-state index in [-0.39, 0.29) is 29.0 Å². The van der Waals surface area contributed by atoms with Crippen LogP contribution in [0, 0.1) is 25.2 Å². The molecule has 3 rings (SSSR count). The molecule has 0 saturated heterocycles. The van der Waals surface area contributed by atoms with Crippen molar-refractivity contribution in [3.8, 4) is 11.9 Å². The van der Waals surface area contributed by atoms with Gasteiger partial charge in [-0.05, 0) is 49.9 Å². The van der Waals surface area contributed by atoms with Gasteiger partial charge in [0.05, 0.1) is 5.56 Å². The molecule has 0 unspecified atom stereocenters. The van der Waals surface area contributed by atoms with Gasteiger partial charge in [-0.3, -0.25) is 14.2 Å². The third kappa shape index (κ3) is 3.33. The summed E-state index contributed by atoms with van der Waals surface area (Å²) in [5.74, 6) is -0.844. The number of aromatic hydroxyl groups is 1. The van der Waals surface area contributed by atoms with E-state index in [1.807, 2.05) is 38.1 Å². The number of furan rings is 1. The molecule has 0 saturated carbocycles. The number of aryl methyl sites for hydroxylation is 2. The van der Waals surface area contributed by atoms with Crippen LogP contribution in [0.3, 0.4) is 0 Å². The second-order valence-corrected chi connectivity index (χ2v) is 7.19. The van der Waals surface area contributed by atoms with Crippen LogP contribution in [0.15, 0.2) is 27.4 Å². The predicted octanol–water partition coefficient (Wildman–Crippen LogP) is 4.38. The molecule has 0 fully saturated rings. The molecule has 150 valence electrons. The maximum atomic E-state index is 13.4. The lowest BCUT2D eigenvalue weighted by atomic mass is 9.98. The van der Waals surface area contributed by atoms with Gasteiger partial charge in [0.25, 0.3) is 5.56 Å². The van der Waals surface area contributed by atoms with Gasteiger partial charge in [-0.1, -0.05) is 26.3 Å². The molecule has 0 atom stereocenters. The molecule has 6 nitrogen and oxygen atoms in total. The number of hydrogen-bond acceptors (Lipinski definition) is 5. The number of pyridine rings is 1. The number of rotatable bonds is 6. The molecule has 1 aromatic carbocycles. The van der Waals surface area contributed by atoms with Crippen LogP contribution in [0.2, 0.25) is 0 Å². The van der Waals surface area contributed by atoms with Gasteiger partial charge < -0.3 is 9.52 Å². The number of hydrogen-bond donors (Lipinski definition) is 1. The molecule has 6 heteroatoms. The Bertz CT molecular complexity index is 1210. The van der Waals surface area contributed by atoms with E-state index < -0.39 is 17.2 Å². The number of ketones is 1. The lowest BCUT2D eigenvalue weighted by Gasteiger charge is -2.14. The van der Waals surface area contributed by atoms with Crippen molar-refractivity contribution in [2.75, 3.05) is 0 Å². The Hall–Kier alpha value is -3.33. The quantitative estimate of drug-likeness (QED) is 0.628. The molecule has 0 amide bonds. The van der Waals surface area contributed by atoms with Crippen molar-refractivity contribution < 1.29 is 14.3 Å². The van der Waals surface area contributed by atoms with E-state index in [0.717, 1.165) is 28.4 Å². The Labute approximate surface area is 169 Å². The van der Waals surface area contributed by atoms with Gasteiger partial charge in [0, 0.05) is 17.5 Å². The van der Waals surface area contributed by atoms with Crippen LogP contribution in [-0.4, -0.2) is 15.5 Å². The first-order valence-corrected chi connectivity index (χ1v) is 9.78. The summed E-state index contributed by atoms with van der Waals surface area (Å²) in [6, 6.07) is 7.64. The number of unbranched alkanes of at least 4 members (excludes halogenated alkanes) is 1. The second-order valence-electron chi connectivity index (χ2n) is 7.19. The van der Waals surface area contributed by atoms with E-state index >= 15 is 0 Å². The highest BCUT2D eigenvalue weighted by Crippen LogP contribution is 2.31. The zero-order valence-corrected chi connectivity index (χ0v) is 17.1. The van der Waals surface area contributed by atoms with Gasteiger partial charge in [-0.25, -0.2) is 0 Å². The minimum atomic E-state index is -0.582. The van der Waals surface area contributed by atoms with Crippen LogP contribution in [0.4, 0.5) is 0 Å². The van der Waals surface area contributed by atoms with Crippen LogP contribution in [-0.2, 0) is 13.0 Å². The predicted molar refractivity (Wildman–Crippen MR) is 110 cm³/mol. The molecule has 3 aromatic rings. The fourth-order valence-corrected chi connectivity index (χ4v) is 3.56. The Morgan fingerprint density at radius 3 is 2.59 bits per heavy atom. The SMILES string of the molecule is CCCCn1c(O)c(C(=O)c2oc3ccc(CC)cc3c2C)c(C)c(C#N)c1=O. The molecule has 0 radical (unpaired) electrons. The standard InChI is InChI=1S/C23H24N2O4/c1-5-7-10-25-22(27)17(12-24)13(3)19(23(25)28)20(26)21-14(4)16-11-15(6-2)8-9-18(16)29-21/h8-9,11,28H,5-7,10H2,1-4H3. The highest BCUT2D eigenvalue weighted by molar-refractivity contribution is 6.12. The van der Waals surface area contributed by atoms with Gasteiger partial charge in [0.15, 0.2) is 5.76 Å². The van der Waals surface area contributed by atoms with Crippen molar-refractivity contribution >= 4 is 16.8 Å².